The van der Waals surface area contributed by atoms with Gasteiger partial charge in [-0.3, -0.25) is 4.79 Å². The fraction of sp³-hybridized carbons (Fsp3) is 0.455. The van der Waals surface area contributed by atoms with Crippen LogP contribution in [0.25, 0.3) is 0 Å². The highest BCUT2D eigenvalue weighted by atomic mass is 35.5. The average Bonchev–Trinajstić information content (AvgIpc) is 2.36. The van der Waals surface area contributed by atoms with E-state index in [-0.39, 0.29) is 24.6 Å². The molecule has 0 bridgehead atoms. The number of nitrogens with one attached hydrogen (secondary N) is 2. The summed E-state index contributed by atoms with van der Waals surface area (Å²) in [6.07, 6.45) is 1.65. The first-order valence-corrected chi connectivity index (χ1v) is 8.11. The minimum Gasteiger partial charge on any atom is -0.369 e. The summed E-state index contributed by atoms with van der Waals surface area (Å²) in [5, 5.41) is 10.7. The molecule has 0 aliphatic rings. The molecule has 9 heteroatoms. The van der Waals surface area contributed by atoms with Crippen molar-refractivity contribution in [3.8, 4) is 0 Å². The van der Waals surface area contributed by atoms with Crippen LogP contribution in [0.4, 0.5) is 5.82 Å². The molecule has 1 aromatic rings. The zero-order chi connectivity index (χ0) is 15.2. The molecule has 1 rings (SSSR count). The number of carbonyl (C=O) groups is 1. The summed E-state index contributed by atoms with van der Waals surface area (Å²) in [6, 6.07) is 1.50. The quantitative estimate of drug-likeness (QED) is 0.636. The van der Waals surface area contributed by atoms with E-state index in [1.165, 1.54) is 12.3 Å². The highest BCUT2D eigenvalue weighted by Gasteiger charge is 2.10. The molecule has 0 aliphatic carbocycles. The van der Waals surface area contributed by atoms with E-state index in [9.17, 15) is 13.2 Å². The van der Waals surface area contributed by atoms with Crippen molar-refractivity contribution in [3.63, 3.8) is 0 Å². The Bertz CT molecular complexity index is 577. The fourth-order valence-corrected chi connectivity index (χ4v) is 2.22. The molecule has 1 aromatic heterocycles. The lowest BCUT2D eigenvalue weighted by atomic mass is 10.2. The molecular formula is C11H17ClN4O3S. The normalized spacial score (nSPS) is 11.2. The molecule has 7 nitrogen and oxygen atoms in total. The van der Waals surface area contributed by atoms with Crippen LogP contribution in [0.5, 0.6) is 0 Å². The van der Waals surface area contributed by atoms with Gasteiger partial charge in [0.25, 0.3) is 5.91 Å². The number of amides is 1. The monoisotopic (exact) mass is 320 g/mol. The number of aromatic nitrogens is 1. The van der Waals surface area contributed by atoms with Crippen LogP contribution in [0.1, 0.15) is 23.7 Å². The smallest absolute Gasteiger partial charge is 0.252 e. The molecule has 0 spiro atoms. The molecule has 4 N–H and O–H groups in total. The Labute approximate surface area is 123 Å². The van der Waals surface area contributed by atoms with E-state index in [0.717, 1.165) is 0 Å². The summed E-state index contributed by atoms with van der Waals surface area (Å²) < 4.78 is 21.4. The van der Waals surface area contributed by atoms with Crippen molar-refractivity contribution in [2.24, 2.45) is 5.14 Å². The van der Waals surface area contributed by atoms with E-state index < -0.39 is 10.0 Å². The summed E-state index contributed by atoms with van der Waals surface area (Å²) in [6.45, 7) is 2.79. The summed E-state index contributed by atoms with van der Waals surface area (Å²) in [5.74, 6) is -0.0251. The Morgan fingerprint density at radius 3 is 2.75 bits per heavy atom. The van der Waals surface area contributed by atoms with Gasteiger partial charge in [-0.2, -0.15) is 0 Å². The molecule has 1 amide bonds. The van der Waals surface area contributed by atoms with E-state index in [4.69, 9.17) is 16.7 Å². The fourth-order valence-electron chi connectivity index (χ4n) is 1.44. The van der Waals surface area contributed by atoms with Gasteiger partial charge in [0.05, 0.1) is 16.3 Å². The van der Waals surface area contributed by atoms with Crippen LogP contribution in [0.3, 0.4) is 0 Å². The molecule has 0 aromatic carbocycles. The third kappa shape index (κ3) is 5.72. The van der Waals surface area contributed by atoms with E-state index in [2.05, 4.69) is 15.6 Å². The maximum atomic E-state index is 11.8. The van der Waals surface area contributed by atoms with Crippen molar-refractivity contribution in [3.05, 3.63) is 22.8 Å². The van der Waals surface area contributed by atoms with Crippen LogP contribution < -0.4 is 15.8 Å². The Kier molecular flexibility index (Phi) is 6.18. The van der Waals surface area contributed by atoms with Crippen molar-refractivity contribution < 1.29 is 13.2 Å². The van der Waals surface area contributed by atoms with Gasteiger partial charge >= 0.3 is 0 Å². The first kappa shape index (κ1) is 16.7. The number of nitrogens with zero attached hydrogens (tertiary/aromatic N) is 1. The lowest BCUT2D eigenvalue weighted by Crippen LogP contribution is -2.27. The second-order valence-electron chi connectivity index (χ2n) is 4.06. The Balaban J connectivity index is 2.53. The predicted octanol–water partition coefficient (Wildman–Crippen LogP) is 0.575. The van der Waals surface area contributed by atoms with Gasteiger partial charge < -0.3 is 10.6 Å². The third-order valence-electron chi connectivity index (χ3n) is 2.34. The van der Waals surface area contributed by atoms with Crippen molar-refractivity contribution in [2.45, 2.75) is 13.3 Å². The van der Waals surface area contributed by atoms with Crippen LogP contribution in [0, 0.1) is 0 Å². The van der Waals surface area contributed by atoms with Gasteiger partial charge in [0.2, 0.25) is 10.0 Å². The molecule has 112 valence electrons. The number of carbonyl (C=O) groups excluding carboxylic acids is 1. The second kappa shape index (κ2) is 7.41. The lowest BCUT2D eigenvalue weighted by molar-refractivity contribution is 0.0953. The van der Waals surface area contributed by atoms with Crippen LogP contribution in [0.15, 0.2) is 12.3 Å². The molecule has 0 aliphatic heterocycles. The second-order valence-corrected chi connectivity index (χ2v) is 6.20. The van der Waals surface area contributed by atoms with Crippen LogP contribution >= 0.6 is 11.6 Å². The molecule has 0 radical (unpaired) electrons. The van der Waals surface area contributed by atoms with Crippen molar-refractivity contribution in [1.29, 1.82) is 0 Å². The molecular weight excluding hydrogens is 304 g/mol. The summed E-state index contributed by atoms with van der Waals surface area (Å²) in [7, 11) is -3.50. The molecule has 1 heterocycles. The highest BCUT2D eigenvalue weighted by Crippen LogP contribution is 2.19. The van der Waals surface area contributed by atoms with E-state index in [1.54, 1.807) is 0 Å². The number of anilines is 1. The standard InChI is InChI=1S/C11H17ClN4O3S/c1-2-14-10-9(12)6-8(7-16-10)11(17)15-4-3-5-20(13,18)19/h6-7H,2-5H2,1H3,(H,14,16)(H,15,17)(H2,13,18,19). The van der Waals surface area contributed by atoms with Crippen LogP contribution in [-0.2, 0) is 10.0 Å². The molecule has 0 saturated carbocycles. The minimum absolute atomic E-state index is 0.175. The topological polar surface area (TPSA) is 114 Å². The summed E-state index contributed by atoms with van der Waals surface area (Å²) in [5.41, 5.74) is 0.312. The first-order chi connectivity index (χ1) is 9.33. The zero-order valence-electron chi connectivity index (χ0n) is 11.0. The Morgan fingerprint density at radius 2 is 2.20 bits per heavy atom. The van der Waals surface area contributed by atoms with E-state index in [0.29, 0.717) is 22.9 Å². The van der Waals surface area contributed by atoms with Gasteiger partial charge in [-0.05, 0) is 19.4 Å². The number of rotatable bonds is 7. The molecule has 0 saturated heterocycles. The van der Waals surface area contributed by atoms with Gasteiger partial charge in [0.15, 0.2) is 0 Å². The van der Waals surface area contributed by atoms with Crippen LogP contribution in [-0.4, -0.2) is 38.2 Å². The van der Waals surface area contributed by atoms with Gasteiger partial charge in [0, 0.05) is 19.3 Å². The number of nitrogens with two attached hydrogens (primary N) is 1. The maximum absolute atomic E-state index is 11.8. The predicted molar refractivity (Wildman–Crippen MR) is 78.3 cm³/mol. The maximum Gasteiger partial charge on any atom is 0.252 e. The van der Waals surface area contributed by atoms with Gasteiger partial charge in [-0.1, -0.05) is 11.6 Å². The largest absolute Gasteiger partial charge is 0.369 e. The number of pyridine rings is 1. The Hall–Kier alpha value is -1.38. The van der Waals surface area contributed by atoms with Crippen molar-refractivity contribution in [2.75, 3.05) is 24.2 Å². The number of sulfonamides is 1. The van der Waals surface area contributed by atoms with E-state index >= 15 is 0 Å². The number of primary sulfonamides is 1. The minimum atomic E-state index is -3.50. The SMILES string of the molecule is CCNc1ncc(C(=O)NCCCS(N)(=O)=O)cc1Cl. The number of hydrogen-bond acceptors (Lipinski definition) is 5. The third-order valence-corrected chi connectivity index (χ3v) is 3.48. The van der Waals surface area contributed by atoms with Crippen LogP contribution in [0.2, 0.25) is 5.02 Å². The average molecular weight is 321 g/mol. The molecule has 0 fully saturated rings. The molecule has 20 heavy (non-hydrogen) atoms. The van der Waals surface area contributed by atoms with Crippen molar-refractivity contribution in [1.82, 2.24) is 10.3 Å². The number of hydrogen-bond donors (Lipinski definition) is 3. The number of halogens is 1. The first-order valence-electron chi connectivity index (χ1n) is 6.01. The van der Waals surface area contributed by atoms with Gasteiger partial charge in [-0.25, -0.2) is 18.5 Å². The zero-order valence-corrected chi connectivity index (χ0v) is 12.6. The lowest BCUT2D eigenvalue weighted by Gasteiger charge is -2.08. The summed E-state index contributed by atoms with van der Waals surface area (Å²) in [4.78, 5) is 15.8. The Morgan fingerprint density at radius 1 is 1.50 bits per heavy atom. The van der Waals surface area contributed by atoms with E-state index in [1.807, 2.05) is 6.92 Å². The summed E-state index contributed by atoms with van der Waals surface area (Å²) >= 11 is 5.97. The van der Waals surface area contributed by atoms with Crippen molar-refractivity contribution >= 4 is 33.3 Å². The molecule has 0 atom stereocenters. The highest BCUT2D eigenvalue weighted by molar-refractivity contribution is 7.89. The van der Waals surface area contributed by atoms with Gasteiger partial charge in [0.1, 0.15) is 5.82 Å². The van der Waals surface area contributed by atoms with Gasteiger partial charge in [-0.15, -0.1) is 0 Å². The molecule has 0 unspecified atom stereocenters.